The number of amides is 1. The highest BCUT2D eigenvalue weighted by Gasteiger charge is 2.44. The van der Waals surface area contributed by atoms with E-state index in [4.69, 9.17) is 0 Å². The van der Waals surface area contributed by atoms with Crippen LogP contribution in [-0.2, 0) is 4.79 Å². The molecule has 0 saturated heterocycles. The zero-order valence-corrected chi connectivity index (χ0v) is 14.7. The van der Waals surface area contributed by atoms with Gasteiger partial charge in [-0.2, -0.15) is 11.8 Å². The van der Waals surface area contributed by atoms with E-state index < -0.39 is 5.60 Å². The van der Waals surface area contributed by atoms with Crippen LogP contribution in [0.3, 0.4) is 0 Å². The Hall–Kier alpha value is -1.00. The fourth-order valence-electron chi connectivity index (χ4n) is 2.75. The van der Waals surface area contributed by atoms with E-state index in [-0.39, 0.29) is 11.8 Å². The predicted octanol–water partition coefficient (Wildman–Crippen LogP) is 3.14. The van der Waals surface area contributed by atoms with Gasteiger partial charge in [-0.15, -0.1) is 0 Å². The van der Waals surface area contributed by atoms with E-state index in [9.17, 15) is 9.90 Å². The van der Waals surface area contributed by atoms with Crippen molar-refractivity contribution in [3.63, 3.8) is 0 Å². The number of hydrogen-bond donors (Lipinski definition) is 2. The van der Waals surface area contributed by atoms with Crippen LogP contribution in [0.25, 0.3) is 0 Å². The van der Waals surface area contributed by atoms with Crippen molar-refractivity contribution in [2.75, 3.05) is 18.6 Å². The van der Waals surface area contributed by atoms with Crippen LogP contribution in [0.5, 0.6) is 0 Å². The Morgan fingerprint density at radius 1 is 1.41 bits per heavy atom. The van der Waals surface area contributed by atoms with Gasteiger partial charge in [0.1, 0.15) is 0 Å². The summed E-state index contributed by atoms with van der Waals surface area (Å²) in [5.74, 6) is 1.63. The summed E-state index contributed by atoms with van der Waals surface area (Å²) in [7, 11) is 0. The molecule has 1 saturated carbocycles. The molecule has 0 spiro atoms. The minimum Gasteiger partial charge on any atom is -0.387 e. The van der Waals surface area contributed by atoms with Crippen molar-refractivity contribution < 1.29 is 9.90 Å². The van der Waals surface area contributed by atoms with Gasteiger partial charge in [-0.05, 0) is 42.6 Å². The average molecular weight is 321 g/mol. The third kappa shape index (κ3) is 4.50. The summed E-state index contributed by atoms with van der Waals surface area (Å²) in [4.78, 5) is 12.2. The van der Waals surface area contributed by atoms with Gasteiger partial charge in [-0.1, -0.05) is 38.1 Å². The van der Waals surface area contributed by atoms with Crippen LogP contribution in [0, 0.1) is 5.92 Å². The molecule has 0 heterocycles. The fraction of sp³-hybridized carbons (Fsp3) is 0.611. The van der Waals surface area contributed by atoms with E-state index in [2.05, 4.69) is 43.4 Å². The Kier molecular flexibility index (Phi) is 5.56. The van der Waals surface area contributed by atoms with E-state index >= 15 is 0 Å². The molecule has 2 rings (SSSR count). The molecule has 3 atom stereocenters. The topological polar surface area (TPSA) is 49.3 Å². The SMILES string of the molecule is CSCC(C)(O)CNC(=O)C1CC1c1ccc(C(C)C)cc1. The molecule has 3 nitrogen and oxygen atoms in total. The zero-order chi connectivity index (χ0) is 16.3. The molecule has 122 valence electrons. The summed E-state index contributed by atoms with van der Waals surface area (Å²) < 4.78 is 0. The van der Waals surface area contributed by atoms with E-state index in [1.165, 1.54) is 11.1 Å². The molecule has 1 fully saturated rings. The van der Waals surface area contributed by atoms with E-state index in [1.54, 1.807) is 18.7 Å². The Morgan fingerprint density at radius 3 is 2.59 bits per heavy atom. The van der Waals surface area contributed by atoms with Crippen molar-refractivity contribution in [1.29, 1.82) is 0 Å². The van der Waals surface area contributed by atoms with Gasteiger partial charge in [0, 0.05) is 18.2 Å². The Balaban J connectivity index is 1.85. The minimum atomic E-state index is -0.835. The van der Waals surface area contributed by atoms with Gasteiger partial charge in [-0.3, -0.25) is 4.79 Å². The maximum atomic E-state index is 12.2. The number of hydrogen-bond acceptors (Lipinski definition) is 3. The second kappa shape index (κ2) is 7.05. The molecule has 2 N–H and O–H groups in total. The molecule has 0 aromatic heterocycles. The van der Waals surface area contributed by atoms with Crippen LogP contribution in [0.4, 0.5) is 0 Å². The van der Waals surface area contributed by atoms with E-state index in [1.807, 2.05) is 6.26 Å². The highest BCUT2D eigenvalue weighted by Crippen LogP contribution is 2.47. The first kappa shape index (κ1) is 17.4. The monoisotopic (exact) mass is 321 g/mol. The Labute approximate surface area is 137 Å². The van der Waals surface area contributed by atoms with Crippen LogP contribution in [0.2, 0.25) is 0 Å². The number of thioether (sulfide) groups is 1. The number of carbonyl (C=O) groups is 1. The lowest BCUT2D eigenvalue weighted by Gasteiger charge is -2.22. The van der Waals surface area contributed by atoms with Gasteiger partial charge in [0.25, 0.3) is 0 Å². The van der Waals surface area contributed by atoms with Crippen molar-refractivity contribution in [3.8, 4) is 0 Å². The highest BCUT2D eigenvalue weighted by atomic mass is 32.2. The van der Waals surface area contributed by atoms with Crippen molar-refractivity contribution in [3.05, 3.63) is 35.4 Å². The molecule has 4 heteroatoms. The maximum Gasteiger partial charge on any atom is 0.223 e. The molecular weight excluding hydrogens is 294 g/mol. The number of nitrogens with one attached hydrogen (secondary N) is 1. The van der Waals surface area contributed by atoms with Gasteiger partial charge in [0.05, 0.1) is 5.60 Å². The predicted molar refractivity (Wildman–Crippen MR) is 93.4 cm³/mol. The van der Waals surface area contributed by atoms with Crippen molar-refractivity contribution >= 4 is 17.7 Å². The van der Waals surface area contributed by atoms with Crippen LogP contribution in [-0.4, -0.2) is 35.2 Å². The second-order valence-corrected chi connectivity index (χ2v) is 7.78. The van der Waals surface area contributed by atoms with Gasteiger partial charge >= 0.3 is 0 Å². The summed E-state index contributed by atoms with van der Waals surface area (Å²) in [5.41, 5.74) is 1.75. The molecular formula is C18H27NO2S. The molecule has 22 heavy (non-hydrogen) atoms. The normalized spacial score (nSPS) is 23.2. The van der Waals surface area contributed by atoms with Crippen molar-refractivity contribution in [1.82, 2.24) is 5.32 Å². The molecule has 0 bridgehead atoms. The lowest BCUT2D eigenvalue weighted by atomic mass is 10.00. The Morgan fingerprint density at radius 2 is 2.05 bits per heavy atom. The quantitative estimate of drug-likeness (QED) is 0.811. The maximum absolute atomic E-state index is 12.2. The number of aliphatic hydroxyl groups is 1. The third-order valence-corrected chi connectivity index (χ3v) is 5.17. The molecule has 0 aliphatic heterocycles. The molecule has 1 amide bonds. The number of benzene rings is 1. The first-order valence-electron chi connectivity index (χ1n) is 7.93. The fourth-order valence-corrected chi connectivity index (χ4v) is 3.48. The molecule has 3 unspecified atom stereocenters. The van der Waals surface area contributed by atoms with E-state index in [0.29, 0.717) is 24.1 Å². The summed E-state index contributed by atoms with van der Waals surface area (Å²) in [6, 6.07) is 8.63. The van der Waals surface area contributed by atoms with Crippen LogP contribution < -0.4 is 5.32 Å². The summed E-state index contributed by atoms with van der Waals surface area (Å²) in [6.45, 7) is 6.45. The number of carbonyl (C=O) groups excluding carboxylic acids is 1. The van der Waals surface area contributed by atoms with E-state index in [0.717, 1.165) is 6.42 Å². The van der Waals surface area contributed by atoms with Gasteiger partial charge < -0.3 is 10.4 Å². The summed E-state index contributed by atoms with van der Waals surface area (Å²) in [6.07, 6.45) is 2.87. The zero-order valence-electron chi connectivity index (χ0n) is 13.9. The van der Waals surface area contributed by atoms with Gasteiger partial charge in [0.15, 0.2) is 0 Å². The third-order valence-electron chi connectivity index (χ3n) is 4.26. The molecule has 1 aliphatic rings. The smallest absolute Gasteiger partial charge is 0.223 e. The van der Waals surface area contributed by atoms with Crippen molar-refractivity contribution in [2.45, 2.75) is 44.6 Å². The molecule has 1 aromatic rings. The summed E-state index contributed by atoms with van der Waals surface area (Å²) in [5, 5.41) is 13.0. The Bertz CT molecular complexity index is 510. The largest absolute Gasteiger partial charge is 0.387 e. The lowest BCUT2D eigenvalue weighted by Crippen LogP contribution is -2.43. The molecule has 1 aromatic carbocycles. The molecule has 1 aliphatic carbocycles. The van der Waals surface area contributed by atoms with Gasteiger partial charge in [-0.25, -0.2) is 0 Å². The van der Waals surface area contributed by atoms with Crippen LogP contribution >= 0.6 is 11.8 Å². The first-order valence-corrected chi connectivity index (χ1v) is 9.32. The van der Waals surface area contributed by atoms with Gasteiger partial charge in [0.2, 0.25) is 5.91 Å². The first-order chi connectivity index (χ1) is 10.3. The average Bonchev–Trinajstić information content (AvgIpc) is 3.25. The standard InChI is InChI=1S/C18H27NO2S/c1-12(2)13-5-7-14(8-6-13)15-9-16(15)17(20)19-10-18(3,21)11-22-4/h5-8,12,15-16,21H,9-11H2,1-4H3,(H,19,20). The van der Waals surface area contributed by atoms with Crippen LogP contribution in [0.1, 0.15) is 50.2 Å². The second-order valence-electron chi connectivity index (χ2n) is 6.92. The van der Waals surface area contributed by atoms with Crippen molar-refractivity contribution in [2.24, 2.45) is 5.92 Å². The lowest BCUT2D eigenvalue weighted by molar-refractivity contribution is -0.123. The summed E-state index contributed by atoms with van der Waals surface area (Å²) >= 11 is 1.58. The molecule has 0 radical (unpaired) electrons. The highest BCUT2D eigenvalue weighted by molar-refractivity contribution is 7.98. The van der Waals surface area contributed by atoms with Crippen LogP contribution in [0.15, 0.2) is 24.3 Å². The minimum absolute atomic E-state index is 0.0648. The number of rotatable bonds is 7.